The molecule has 1 unspecified atom stereocenters. The molecule has 0 bridgehead atoms. The molecule has 1 atom stereocenters. The van der Waals surface area contributed by atoms with Crippen molar-refractivity contribution >= 4 is 5.91 Å². The molecule has 1 N–H and O–H groups in total. The van der Waals surface area contributed by atoms with Crippen LogP contribution in [0, 0.1) is 5.92 Å². The van der Waals surface area contributed by atoms with Gasteiger partial charge in [-0.25, -0.2) is 0 Å². The summed E-state index contributed by atoms with van der Waals surface area (Å²) in [5.74, 6) is 2.48. The Morgan fingerprint density at radius 1 is 1.23 bits per heavy atom. The van der Waals surface area contributed by atoms with Crippen LogP contribution in [0.2, 0.25) is 0 Å². The lowest BCUT2D eigenvalue weighted by Crippen LogP contribution is -2.42. The third kappa shape index (κ3) is 5.36. The number of furan rings is 1. The van der Waals surface area contributed by atoms with E-state index >= 15 is 0 Å². The van der Waals surface area contributed by atoms with E-state index in [4.69, 9.17) is 9.15 Å². The largest absolute Gasteiger partial charge is 0.493 e. The van der Waals surface area contributed by atoms with Crippen LogP contribution >= 0.6 is 0 Å². The molecule has 0 spiro atoms. The first-order valence-electron chi connectivity index (χ1n) is 9.44. The first-order valence-corrected chi connectivity index (χ1v) is 9.44. The monoisotopic (exact) mass is 356 g/mol. The van der Waals surface area contributed by atoms with Crippen LogP contribution in [0.5, 0.6) is 5.75 Å². The Morgan fingerprint density at radius 3 is 2.69 bits per heavy atom. The number of likely N-dealkylation sites (tertiary alicyclic amines) is 1. The summed E-state index contributed by atoms with van der Waals surface area (Å²) in [7, 11) is 0. The third-order valence-electron chi connectivity index (χ3n) is 4.96. The van der Waals surface area contributed by atoms with Crippen molar-refractivity contribution in [2.75, 3.05) is 26.2 Å². The molecular weight excluding hydrogens is 328 g/mol. The van der Waals surface area contributed by atoms with Crippen LogP contribution in [0.25, 0.3) is 0 Å². The van der Waals surface area contributed by atoms with Gasteiger partial charge >= 0.3 is 0 Å². The molecule has 1 aliphatic rings. The highest BCUT2D eigenvalue weighted by Gasteiger charge is 2.26. The number of hydrogen-bond donors (Lipinski definition) is 1. The highest BCUT2D eigenvalue weighted by molar-refractivity contribution is 5.76. The molecule has 0 radical (unpaired) electrons. The van der Waals surface area contributed by atoms with Crippen LogP contribution in [0.3, 0.4) is 0 Å². The number of hydrogen-bond acceptors (Lipinski definition) is 4. The number of nitrogens with one attached hydrogen (secondary N) is 1. The number of para-hydroxylation sites is 1. The van der Waals surface area contributed by atoms with E-state index in [1.807, 2.05) is 42.5 Å². The standard InChI is InChI=1S/C21H28N2O3/c1-17-9-12-23(13-10-17)19(20-8-5-14-26-20)16-22-21(24)11-15-25-18-6-3-2-4-7-18/h2-8,14,17,19H,9-13,15-16H2,1H3,(H,22,24). The highest BCUT2D eigenvalue weighted by Crippen LogP contribution is 2.26. The molecule has 5 heteroatoms. The molecule has 140 valence electrons. The quantitative estimate of drug-likeness (QED) is 0.785. The summed E-state index contributed by atoms with van der Waals surface area (Å²) in [4.78, 5) is 14.6. The lowest BCUT2D eigenvalue weighted by molar-refractivity contribution is -0.121. The summed E-state index contributed by atoms with van der Waals surface area (Å²) >= 11 is 0. The first-order chi connectivity index (χ1) is 12.7. The molecule has 3 rings (SSSR count). The molecular formula is C21H28N2O3. The average molecular weight is 356 g/mol. The van der Waals surface area contributed by atoms with Gasteiger partial charge in [-0.3, -0.25) is 9.69 Å². The Hall–Kier alpha value is -2.27. The first kappa shape index (κ1) is 18.5. The van der Waals surface area contributed by atoms with Crippen LogP contribution in [-0.2, 0) is 4.79 Å². The van der Waals surface area contributed by atoms with Crippen molar-refractivity contribution in [3.8, 4) is 5.75 Å². The fourth-order valence-corrected chi connectivity index (χ4v) is 3.31. The van der Waals surface area contributed by atoms with Gasteiger partial charge in [0.05, 0.1) is 25.3 Å². The summed E-state index contributed by atoms with van der Waals surface area (Å²) in [5.41, 5.74) is 0. The third-order valence-corrected chi connectivity index (χ3v) is 4.96. The summed E-state index contributed by atoms with van der Waals surface area (Å²) < 4.78 is 11.2. The molecule has 2 heterocycles. The van der Waals surface area contributed by atoms with E-state index in [-0.39, 0.29) is 11.9 Å². The van der Waals surface area contributed by atoms with Crippen LogP contribution in [0.15, 0.2) is 53.1 Å². The summed E-state index contributed by atoms with van der Waals surface area (Å²) in [5, 5.41) is 3.05. The van der Waals surface area contributed by atoms with E-state index in [9.17, 15) is 4.79 Å². The van der Waals surface area contributed by atoms with Crippen molar-refractivity contribution in [3.63, 3.8) is 0 Å². The second kappa shape index (κ2) is 9.43. The van der Waals surface area contributed by atoms with Gasteiger partial charge in [-0.15, -0.1) is 0 Å². The molecule has 2 aromatic rings. The minimum absolute atomic E-state index is 0.00265. The molecule has 1 aliphatic heterocycles. The van der Waals surface area contributed by atoms with Gasteiger partial charge in [-0.1, -0.05) is 25.1 Å². The predicted molar refractivity (Wildman–Crippen MR) is 101 cm³/mol. The minimum Gasteiger partial charge on any atom is -0.493 e. The smallest absolute Gasteiger partial charge is 0.223 e. The van der Waals surface area contributed by atoms with Crippen LogP contribution < -0.4 is 10.1 Å². The van der Waals surface area contributed by atoms with Gasteiger partial charge in [0.25, 0.3) is 0 Å². The number of nitrogens with zero attached hydrogens (tertiary/aromatic N) is 1. The van der Waals surface area contributed by atoms with Crippen LogP contribution in [0.4, 0.5) is 0 Å². The number of rotatable bonds is 8. The number of amides is 1. The molecule has 1 aromatic carbocycles. The van der Waals surface area contributed by atoms with Crippen molar-refractivity contribution in [2.24, 2.45) is 5.92 Å². The SMILES string of the molecule is CC1CCN(C(CNC(=O)CCOc2ccccc2)c2ccco2)CC1. The zero-order chi connectivity index (χ0) is 18.2. The Kier molecular flexibility index (Phi) is 6.72. The molecule has 0 saturated carbocycles. The zero-order valence-electron chi connectivity index (χ0n) is 15.4. The Balaban J connectivity index is 1.47. The fraction of sp³-hybridized carbons (Fsp3) is 0.476. The molecule has 1 amide bonds. The Morgan fingerprint density at radius 2 is 2.00 bits per heavy atom. The van der Waals surface area contributed by atoms with E-state index < -0.39 is 0 Å². The van der Waals surface area contributed by atoms with Crippen LogP contribution in [-0.4, -0.2) is 37.0 Å². The number of ether oxygens (including phenoxy) is 1. The Labute approximate surface area is 155 Å². The van der Waals surface area contributed by atoms with Gasteiger partial charge in [-0.2, -0.15) is 0 Å². The maximum absolute atomic E-state index is 12.2. The maximum atomic E-state index is 12.2. The summed E-state index contributed by atoms with van der Waals surface area (Å²) in [6.07, 6.45) is 4.42. The Bertz CT molecular complexity index is 649. The normalized spacial score (nSPS) is 17.0. The molecule has 1 saturated heterocycles. The number of benzene rings is 1. The minimum atomic E-state index is 0.00265. The second-order valence-corrected chi connectivity index (χ2v) is 6.97. The van der Waals surface area contributed by atoms with E-state index in [0.717, 1.165) is 30.5 Å². The maximum Gasteiger partial charge on any atom is 0.223 e. The molecule has 26 heavy (non-hydrogen) atoms. The van der Waals surface area contributed by atoms with Crippen molar-refractivity contribution in [1.82, 2.24) is 10.2 Å². The van der Waals surface area contributed by atoms with Crippen molar-refractivity contribution in [1.29, 1.82) is 0 Å². The van der Waals surface area contributed by atoms with E-state index in [1.165, 1.54) is 12.8 Å². The topological polar surface area (TPSA) is 54.7 Å². The van der Waals surface area contributed by atoms with Gasteiger partial charge in [-0.05, 0) is 56.1 Å². The fourth-order valence-electron chi connectivity index (χ4n) is 3.31. The molecule has 5 nitrogen and oxygen atoms in total. The van der Waals surface area contributed by atoms with E-state index in [1.54, 1.807) is 6.26 Å². The van der Waals surface area contributed by atoms with Crippen molar-refractivity contribution in [3.05, 3.63) is 54.5 Å². The molecule has 1 aromatic heterocycles. The summed E-state index contributed by atoms with van der Waals surface area (Å²) in [6.45, 7) is 5.32. The van der Waals surface area contributed by atoms with Gasteiger partial charge in [0.1, 0.15) is 11.5 Å². The van der Waals surface area contributed by atoms with Crippen molar-refractivity contribution < 1.29 is 13.9 Å². The van der Waals surface area contributed by atoms with Gasteiger partial charge < -0.3 is 14.5 Å². The lowest BCUT2D eigenvalue weighted by Gasteiger charge is -2.35. The second-order valence-electron chi connectivity index (χ2n) is 6.97. The molecule has 0 aliphatic carbocycles. The van der Waals surface area contributed by atoms with Crippen molar-refractivity contribution in [2.45, 2.75) is 32.2 Å². The number of piperidine rings is 1. The highest BCUT2D eigenvalue weighted by atomic mass is 16.5. The lowest BCUT2D eigenvalue weighted by atomic mass is 9.97. The van der Waals surface area contributed by atoms with E-state index in [0.29, 0.717) is 19.6 Å². The van der Waals surface area contributed by atoms with Gasteiger partial charge in [0, 0.05) is 6.54 Å². The zero-order valence-corrected chi connectivity index (χ0v) is 15.4. The molecule has 1 fully saturated rings. The van der Waals surface area contributed by atoms with E-state index in [2.05, 4.69) is 17.1 Å². The predicted octanol–water partition coefficient (Wildman–Crippen LogP) is 3.64. The average Bonchev–Trinajstić information content (AvgIpc) is 3.19. The summed E-state index contributed by atoms with van der Waals surface area (Å²) in [6, 6.07) is 13.6. The van der Waals surface area contributed by atoms with Gasteiger partial charge in [0.2, 0.25) is 5.91 Å². The number of carbonyl (C=O) groups is 1. The van der Waals surface area contributed by atoms with Crippen LogP contribution in [0.1, 0.15) is 38.0 Å². The number of carbonyl (C=O) groups excluding carboxylic acids is 1. The van der Waals surface area contributed by atoms with Gasteiger partial charge in [0.15, 0.2) is 0 Å².